The van der Waals surface area contributed by atoms with Crippen molar-refractivity contribution in [2.24, 2.45) is 5.92 Å². The number of methoxy groups -OCH3 is 1. The van der Waals surface area contributed by atoms with Crippen LogP contribution in [0.5, 0.6) is 0 Å². The van der Waals surface area contributed by atoms with Gasteiger partial charge in [0, 0.05) is 13.7 Å². The van der Waals surface area contributed by atoms with Gasteiger partial charge in [0.25, 0.3) is 0 Å². The topological polar surface area (TPSA) is 55.4 Å². The monoisotopic (exact) mass is 209 g/mol. The van der Waals surface area contributed by atoms with Crippen LogP contribution in [0.3, 0.4) is 0 Å². The second-order valence-corrected chi connectivity index (χ2v) is 5.31. The second-order valence-electron chi connectivity index (χ2n) is 3.39. The van der Waals surface area contributed by atoms with E-state index in [1.165, 1.54) is 0 Å². The van der Waals surface area contributed by atoms with Gasteiger partial charge in [-0.3, -0.25) is 0 Å². The average molecular weight is 209 g/mol. The summed E-state index contributed by atoms with van der Waals surface area (Å²) >= 11 is 0. The van der Waals surface area contributed by atoms with Crippen LogP contribution in [0.2, 0.25) is 0 Å². The summed E-state index contributed by atoms with van der Waals surface area (Å²) in [7, 11) is -1.53. The van der Waals surface area contributed by atoms with Crippen LogP contribution in [0.4, 0.5) is 0 Å². The molecule has 0 rings (SSSR count). The summed E-state index contributed by atoms with van der Waals surface area (Å²) in [6.45, 7) is 4.78. The van der Waals surface area contributed by atoms with E-state index in [1.807, 2.05) is 13.8 Å². The largest absolute Gasteiger partial charge is 0.383 e. The lowest BCUT2D eigenvalue weighted by atomic mass is 10.2. The maximum Gasteiger partial charge on any atom is 0.211 e. The Morgan fingerprint density at radius 1 is 1.38 bits per heavy atom. The van der Waals surface area contributed by atoms with Gasteiger partial charge in [-0.2, -0.15) is 0 Å². The van der Waals surface area contributed by atoms with Gasteiger partial charge in [-0.1, -0.05) is 13.8 Å². The molecule has 0 radical (unpaired) electrons. The Morgan fingerprint density at radius 2 is 2.00 bits per heavy atom. The summed E-state index contributed by atoms with van der Waals surface area (Å²) < 4.78 is 29.7. The van der Waals surface area contributed by atoms with Crippen molar-refractivity contribution in [2.75, 3.05) is 26.0 Å². The lowest BCUT2D eigenvalue weighted by Crippen LogP contribution is -2.29. The van der Waals surface area contributed by atoms with Crippen molar-refractivity contribution in [3.05, 3.63) is 0 Å². The fraction of sp³-hybridized carbons (Fsp3) is 1.00. The molecule has 0 bridgehead atoms. The van der Waals surface area contributed by atoms with Crippen LogP contribution >= 0.6 is 0 Å². The Kier molecular flexibility index (Phi) is 6.28. The molecule has 80 valence electrons. The van der Waals surface area contributed by atoms with Gasteiger partial charge in [0.1, 0.15) is 0 Å². The molecule has 0 fully saturated rings. The SMILES string of the molecule is COCCNS(=O)(=O)CCC(C)C. The van der Waals surface area contributed by atoms with Gasteiger partial charge < -0.3 is 4.74 Å². The molecule has 0 heterocycles. The number of sulfonamides is 1. The highest BCUT2D eigenvalue weighted by molar-refractivity contribution is 7.89. The molecule has 0 spiro atoms. The number of hydrogen-bond acceptors (Lipinski definition) is 3. The molecule has 0 unspecified atom stereocenters. The molecule has 0 aliphatic heterocycles. The predicted octanol–water partition coefficient (Wildman–Crippen LogP) is 0.598. The Bertz CT molecular complexity index is 211. The van der Waals surface area contributed by atoms with Crippen molar-refractivity contribution in [3.8, 4) is 0 Å². The van der Waals surface area contributed by atoms with Crippen molar-refractivity contribution in [1.29, 1.82) is 0 Å². The van der Waals surface area contributed by atoms with Gasteiger partial charge in [-0.15, -0.1) is 0 Å². The van der Waals surface area contributed by atoms with E-state index in [9.17, 15) is 8.42 Å². The highest BCUT2D eigenvalue weighted by Gasteiger charge is 2.09. The van der Waals surface area contributed by atoms with Crippen LogP contribution in [0, 0.1) is 5.92 Å². The minimum absolute atomic E-state index is 0.203. The van der Waals surface area contributed by atoms with Gasteiger partial charge in [-0.25, -0.2) is 13.1 Å². The van der Waals surface area contributed by atoms with Crippen molar-refractivity contribution in [3.63, 3.8) is 0 Å². The van der Waals surface area contributed by atoms with Crippen LogP contribution in [-0.4, -0.2) is 34.4 Å². The number of hydrogen-bond donors (Lipinski definition) is 1. The van der Waals surface area contributed by atoms with E-state index in [1.54, 1.807) is 7.11 Å². The Morgan fingerprint density at radius 3 is 2.46 bits per heavy atom. The molecule has 0 amide bonds. The molecule has 0 saturated carbocycles. The fourth-order valence-electron chi connectivity index (χ4n) is 0.762. The smallest absolute Gasteiger partial charge is 0.211 e. The van der Waals surface area contributed by atoms with Crippen LogP contribution in [0.15, 0.2) is 0 Å². The molecule has 0 aliphatic carbocycles. The van der Waals surface area contributed by atoms with E-state index < -0.39 is 10.0 Å². The Hall–Kier alpha value is -0.130. The summed E-state index contributed by atoms with van der Waals surface area (Å²) in [6.07, 6.45) is 0.697. The molecule has 13 heavy (non-hydrogen) atoms. The highest BCUT2D eigenvalue weighted by atomic mass is 32.2. The molecule has 0 aromatic heterocycles. The van der Waals surface area contributed by atoms with Crippen molar-refractivity contribution in [2.45, 2.75) is 20.3 Å². The highest BCUT2D eigenvalue weighted by Crippen LogP contribution is 2.01. The summed E-state index contributed by atoms with van der Waals surface area (Å²) in [4.78, 5) is 0. The van der Waals surface area contributed by atoms with E-state index >= 15 is 0 Å². The standard InChI is InChI=1S/C8H19NO3S/c1-8(2)4-7-13(10,11)9-5-6-12-3/h8-9H,4-7H2,1-3H3. The van der Waals surface area contributed by atoms with Gasteiger partial charge in [0.2, 0.25) is 10.0 Å². The summed E-state index contributed by atoms with van der Waals surface area (Å²) in [5, 5.41) is 0. The molecule has 0 aromatic rings. The third-order valence-electron chi connectivity index (χ3n) is 1.59. The third kappa shape index (κ3) is 8.21. The van der Waals surface area contributed by atoms with Crippen LogP contribution in [0.25, 0.3) is 0 Å². The van der Waals surface area contributed by atoms with Gasteiger partial charge in [-0.05, 0) is 12.3 Å². The van der Waals surface area contributed by atoms with Crippen LogP contribution in [-0.2, 0) is 14.8 Å². The van der Waals surface area contributed by atoms with Crippen LogP contribution in [0.1, 0.15) is 20.3 Å². The maximum absolute atomic E-state index is 11.2. The van der Waals surface area contributed by atoms with Crippen molar-refractivity contribution >= 4 is 10.0 Å². The van der Waals surface area contributed by atoms with Gasteiger partial charge in [0.15, 0.2) is 0 Å². The van der Waals surface area contributed by atoms with Crippen molar-refractivity contribution < 1.29 is 13.2 Å². The predicted molar refractivity (Wildman–Crippen MR) is 53.1 cm³/mol. The van der Waals surface area contributed by atoms with E-state index in [-0.39, 0.29) is 5.75 Å². The minimum Gasteiger partial charge on any atom is -0.383 e. The first-order chi connectivity index (χ1) is 5.98. The van der Waals surface area contributed by atoms with E-state index in [4.69, 9.17) is 4.74 Å². The Labute approximate surface area is 80.7 Å². The van der Waals surface area contributed by atoms with Crippen LogP contribution < -0.4 is 4.72 Å². The molecular formula is C8H19NO3S. The zero-order valence-electron chi connectivity index (χ0n) is 8.54. The van der Waals surface area contributed by atoms with Gasteiger partial charge in [0.05, 0.1) is 12.4 Å². The zero-order valence-corrected chi connectivity index (χ0v) is 9.36. The Balaban J connectivity index is 3.68. The summed E-state index contributed by atoms with van der Waals surface area (Å²) in [6, 6.07) is 0. The molecule has 0 atom stereocenters. The van der Waals surface area contributed by atoms with Gasteiger partial charge >= 0.3 is 0 Å². The normalized spacial score (nSPS) is 12.3. The first-order valence-corrected chi connectivity index (χ1v) is 6.09. The maximum atomic E-state index is 11.2. The fourth-order valence-corrected chi connectivity index (χ4v) is 2.08. The first kappa shape index (κ1) is 12.9. The van der Waals surface area contributed by atoms with E-state index in [2.05, 4.69) is 4.72 Å². The zero-order chi connectivity index (χ0) is 10.3. The summed E-state index contributed by atoms with van der Waals surface area (Å²) in [5.41, 5.74) is 0. The molecule has 0 saturated heterocycles. The lowest BCUT2D eigenvalue weighted by Gasteiger charge is -2.07. The summed E-state index contributed by atoms with van der Waals surface area (Å²) in [5.74, 6) is 0.618. The van der Waals surface area contributed by atoms with E-state index in [0.29, 0.717) is 25.5 Å². The quantitative estimate of drug-likeness (QED) is 0.625. The molecule has 0 aromatic carbocycles. The average Bonchev–Trinajstić information content (AvgIpc) is 2.02. The molecule has 0 aliphatic rings. The number of nitrogens with one attached hydrogen (secondary N) is 1. The number of ether oxygens (including phenoxy) is 1. The first-order valence-electron chi connectivity index (χ1n) is 4.44. The van der Waals surface area contributed by atoms with Crippen molar-refractivity contribution in [1.82, 2.24) is 4.72 Å². The number of rotatable bonds is 7. The minimum atomic E-state index is -3.08. The third-order valence-corrected chi connectivity index (χ3v) is 3.01. The second kappa shape index (κ2) is 6.34. The molecular weight excluding hydrogens is 190 g/mol. The molecule has 1 N–H and O–H groups in total. The molecule has 5 heteroatoms. The van der Waals surface area contributed by atoms with E-state index in [0.717, 1.165) is 0 Å². The molecule has 4 nitrogen and oxygen atoms in total. The lowest BCUT2D eigenvalue weighted by molar-refractivity contribution is 0.204.